The molecule has 9 rings (SSSR count). The van der Waals surface area contributed by atoms with Crippen molar-refractivity contribution in [3.8, 4) is 33.4 Å². The van der Waals surface area contributed by atoms with Gasteiger partial charge in [-0.2, -0.15) is 0 Å². The second-order valence-corrected chi connectivity index (χ2v) is 12.0. The van der Waals surface area contributed by atoms with E-state index in [0.717, 1.165) is 89.4 Å². The van der Waals surface area contributed by atoms with E-state index in [2.05, 4.69) is 180 Å². The molecule has 4 nitrogen and oxygen atoms in total. The molecule has 0 saturated heterocycles. The Morgan fingerprint density at radius 2 is 0.898 bits per heavy atom. The van der Waals surface area contributed by atoms with Gasteiger partial charge in [-0.05, 0) is 70.8 Å². The number of aromatic nitrogens is 4. The number of nitrogens with zero attached hydrogens (tertiary/aromatic N) is 2. The van der Waals surface area contributed by atoms with Gasteiger partial charge in [-0.15, -0.1) is 0 Å². The molecule has 0 aliphatic carbocycles. The summed E-state index contributed by atoms with van der Waals surface area (Å²) >= 11 is 0. The van der Waals surface area contributed by atoms with Crippen LogP contribution in [0, 0.1) is 0 Å². The summed E-state index contributed by atoms with van der Waals surface area (Å²) in [5.74, 6) is 0. The average Bonchev–Trinajstić information content (AvgIpc) is 3.94. The minimum atomic E-state index is 0. The third kappa shape index (κ3) is 5.83. The molecule has 5 heteroatoms. The van der Waals surface area contributed by atoms with Crippen molar-refractivity contribution in [3.05, 3.63) is 180 Å². The van der Waals surface area contributed by atoms with E-state index in [1.54, 1.807) is 0 Å². The quantitative estimate of drug-likeness (QED) is 0.174. The Kier molecular flexibility index (Phi) is 8.12. The van der Waals surface area contributed by atoms with Gasteiger partial charge < -0.3 is 9.97 Å². The van der Waals surface area contributed by atoms with Gasteiger partial charge >= 0.3 is 0 Å². The first kappa shape index (κ1) is 30.5. The van der Waals surface area contributed by atoms with Crippen molar-refractivity contribution in [3.63, 3.8) is 0 Å². The zero-order valence-corrected chi connectivity index (χ0v) is 28.5. The maximum absolute atomic E-state index is 5.42. The van der Waals surface area contributed by atoms with Gasteiger partial charge in [-0.3, -0.25) is 0 Å². The van der Waals surface area contributed by atoms with Gasteiger partial charge in [-0.25, -0.2) is 9.97 Å². The molecule has 7 aromatic rings. The van der Waals surface area contributed by atoms with Crippen molar-refractivity contribution >= 4 is 45.9 Å². The molecule has 2 aliphatic heterocycles. The van der Waals surface area contributed by atoms with Gasteiger partial charge in [0.1, 0.15) is 0 Å². The van der Waals surface area contributed by atoms with Crippen molar-refractivity contribution in [1.82, 2.24) is 19.9 Å². The fourth-order valence-electron chi connectivity index (χ4n) is 6.78. The molecule has 0 atom stereocenters. The van der Waals surface area contributed by atoms with Crippen LogP contribution in [0.4, 0.5) is 0 Å². The SMILES string of the molecule is C1=Cc2cc3[nH]c(c(-c4ccccc4)c4nc(cc5ccc(cc1n2)[nH]5)C=C4c1ccccc1)c(-c1ccccc1)c3-c1ccccc1.[Au]. The van der Waals surface area contributed by atoms with E-state index >= 15 is 0 Å². The van der Waals surface area contributed by atoms with Crippen LogP contribution in [-0.2, 0) is 22.4 Å². The first-order valence-electron chi connectivity index (χ1n) is 16.2. The van der Waals surface area contributed by atoms with Crippen molar-refractivity contribution in [2.75, 3.05) is 0 Å². The number of rotatable bonds is 4. The molecule has 49 heavy (non-hydrogen) atoms. The molecule has 2 N–H and O–H groups in total. The summed E-state index contributed by atoms with van der Waals surface area (Å²) in [6.07, 6.45) is 6.35. The molecule has 5 heterocycles. The largest absolute Gasteiger partial charge is 0.355 e. The Bertz CT molecular complexity index is 2530. The van der Waals surface area contributed by atoms with Crippen molar-refractivity contribution in [1.29, 1.82) is 0 Å². The molecule has 4 aromatic carbocycles. The van der Waals surface area contributed by atoms with Crippen LogP contribution in [0.1, 0.15) is 28.3 Å². The Labute approximate surface area is 300 Å². The number of hydrogen-bond acceptors (Lipinski definition) is 2. The van der Waals surface area contributed by atoms with Crippen LogP contribution in [0.3, 0.4) is 0 Å². The monoisotopic (exact) mass is 811 g/mol. The molecule has 0 unspecified atom stereocenters. The molecule has 1 radical (unpaired) electrons. The third-order valence-corrected chi connectivity index (χ3v) is 8.89. The molecular formula is C44H30AuN4. The maximum atomic E-state index is 5.42. The molecule has 0 spiro atoms. The number of H-pyrrole nitrogens is 2. The Balaban J connectivity index is 0.00000348. The normalized spacial score (nSPS) is 12.0. The van der Waals surface area contributed by atoms with E-state index in [9.17, 15) is 0 Å². The topological polar surface area (TPSA) is 57.4 Å². The van der Waals surface area contributed by atoms with Crippen LogP contribution >= 0.6 is 0 Å². The first-order valence-corrected chi connectivity index (χ1v) is 16.2. The van der Waals surface area contributed by atoms with Gasteiger partial charge in [0, 0.05) is 61.2 Å². The van der Waals surface area contributed by atoms with E-state index < -0.39 is 0 Å². The van der Waals surface area contributed by atoms with Crippen molar-refractivity contribution in [2.45, 2.75) is 0 Å². The average molecular weight is 812 g/mol. The van der Waals surface area contributed by atoms with Gasteiger partial charge in [0.15, 0.2) is 0 Å². The van der Waals surface area contributed by atoms with Crippen LogP contribution in [-0.4, -0.2) is 19.9 Å². The number of fused-ring (bicyclic) bond motifs is 8. The van der Waals surface area contributed by atoms with Gasteiger partial charge in [-0.1, -0.05) is 121 Å². The van der Waals surface area contributed by atoms with Crippen LogP contribution < -0.4 is 0 Å². The fraction of sp³-hybridized carbons (Fsp3) is 0. The molecule has 3 aromatic heterocycles. The van der Waals surface area contributed by atoms with Crippen LogP contribution in [0.5, 0.6) is 0 Å². The van der Waals surface area contributed by atoms with Gasteiger partial charge in [0.05, 0.1) is 28.3 Å². The summed E-state index contributed by atoms with van der Waals surface area (Å²) in [5.41, 5.74) is 16.3. The predicted molar refractivity (Wildman–Crippen MR) is 200 cm³/mol. The minimum Gasteiger partial charge on any atom is -0.355 e. The minimum absolute atomic E-state index is 0. The molecule has 2 aliphatic rings. The molecule has 0 fully saturated rings. The van der Waals surface area contributed by atoms with Crippen molar-refractivity contribution in [2.24, 2.45) is 0 Å². The zero-order valence-electron chi connectivity index (χ0n) is 26.4. The Hall–Kier alpha value is -5.78. The fourth-order valence-corrected chi connectivity index (χ4v) is 6.78. The summed E-state index contributed by atoms with van der Waals surface area (Å²) in [6.45, 7) is 0. The number of aromatic amines is 2. The Morgan fingerprint density at radius 1 is 0.408 bits per heavy atom. The summed E-state index contributed by atoms with van der Waals surface area (Å²) < 4.78 is 0. The molecule has 8 bridgehead atoms. The van der Waals surface area contributed by atoms with E-state index in [4.69, 9.17) is 9.97 Å². The van der Waals surface area contributed by atoms with Crippen LogP contribution in [0.2, 0.25) is 0 Å². The van der Waals surface area contributed by atoms with Crippen molar-refractivity contribution < 1.29 is 22.4 Å². The first-order chi connectivity index (χ1) is 23.8. The van der Waals surface area contributed by atoms with Crippen LogP contribution in [0.15, 0.2) is 152 Å². The van der Waals surface area contributed by atoms with Crippen LogP contribution in [0.25, 0.3) is 79.2 Å². The summed E-state index contributed by atoms with van der Waals surface area (Å²) in [7, 11) is 0. The second-order valence-electron chi connectivity index (χ2n) is 12.0. The smallest absolute Gasteiger partial charge is 0.0815 e. The molecule has 0 saturated carbocycles. The van der Waals surface area contributed by atoms with E-state index in [1.165, 1.54) is 0 Å². The van der Waals surface area contributed by atoms with E-state index in [1.807, 2.05) is 0 Å². The summed E-state index contributed by atoms with van der Waals surface area (Å²) in [5, 5.41) is 0. The summed E-state index contributed by atoms with van der Waals surface area (Å²) in [4.78, 5) is 17.9. The van der Waals surface area contributed by atoms with Gasteiger partial charge in [0.25, 0.3) is 0 Å². The Morgan fingerprint density at radius 3 is 1.49 bits per heavy atom. The van der Waals surface area contributed by atoms with E-state index in [0.29, 0.717) is 0 Å². The summed E-state index contributed by atoms with van der Waals surface area (Å²) in [6, 6.07) is 53.0. The predicted octanol–water partition coefficient (Wildman–Crippen LogP) is 11.1. The zero-order chi connectivity index (χ0) is 31.9. The van der Waals surface area contributed by atoms with Gasteiger partial charge in [0.2, 0.25) is 0 Å². The maximum Gasteiger partial charge on any atom is 0.0815 e. The molecule has 0 amide bonds. The molecule has 237 valence electrons. The third-order valence-electron chi connectivity index (χ3n) is 8.89. The number of benzene rings is 4. The standard InChI is InChI=1S/C44H30N4.Au/c1-5-13-29(14-6-1)38-27-37-26-35-22-21-33(45-35)25-34-23-24-36(46-34)28-39-40(30-15-7-2-8-16-30)41(31-17-9-3-10-18-31)44(48-39)42(43(38)47-37)32-19-11-4-12-20-32;/h1-28,45,48H;. The number of nitrogens with one attached hydrogen (secondary N) is 2. The van der Waals surface area contributed by atoms with E-state index in [-0.39, 0.29) is 22.4 Å². The molecular weight excluding hydrogens is 781 g/mol. The second kappa shape index (κ2) is 13.0. The number of hydrogen-bond donors (Lipinski definition) is 2.